The van der Waals surface area contributed by atoms with E-state index in [1.54, 1.807) is 0 Å². The molecule has 1 N–H and O–H groups in total. The maximum absolute atomic E-state index is 10.3. The first-order chi connectivity index (χ1) is 4.06. The normalized spacial score (nSPS) is 11.4. The molecular weight excluding hydrogens is 163 g/mol. The van der Waals surface area contributed by atoms with Crippen LogP contribution in [0.15, 0.2) is 0 Å². The van der Waals surface area contributed by atoms with Gasteiger partial charge in [-0.3, -0.25) is 4.79 Å². The van der Waals surface area contributed by atoms with Crippen molar-refractivity contribution in [1.82, 2.24) is 0 Å². The van der Waals surface area contributed by atoms with E-state index in [9.17, 15) is 4.79 Å². The van der Waals surface area contributed by atoms with E-state index in [-0.39, 0.29) is 11.8 Å². The SMILES string of the molecule is CC(CCl)(CCl)C(=O)O. The minimum Gasteiger partial charge on any atom is -0.481 e. The van der Waals surface area contributed by atoms with E-state index in [1.807, 2.05) is 0 Å². The first-order valence-corrected chi connectivity index (χ1v) is 3.49. The third kappa shape index (κ3) is 2.03. The molecule has 0 aromatic heterocycles. The van der Waals surface area contributed by atoms with E-state index < -0.39 is 11.4 Å². The summed E-state index contributed by atoms with van der Waals surface area (Å²) in [5, 5.41) is 8.46. The molecule has 0 rings (SSSR count). The molecular formula is C5H8Cl2O2. The second-order valence-corrected chi connectivity index (χ2v) is 2.67. The summed E-state index contributed by atoms with van der Waals surface area (Å²) in [6.45, 7) is 1.51. The molecule has 0 aromatic carbocycles. The fourth-order valence-electron chi connectivity index (χ4n) is 0.150. The zero-order chi connectivity index (χ0) is 7.49. The van der Waals surface area contributed by atoms with Crippen molar-refractivity contribution in [1.29, 1.82) is 0 Å². The van der Waals surface area contributed by atoms with Gasteiger partial charge in [0.1, 0.15) is 0 Å². The standard InChI is InChI=1S/C5H8Cl2O2/c1-5(2-6,3-7)4(8)9/h2-3H2,1H3,(H,8,9). The van der Waals surface area contributed by atoms with Gasteiger partial charge in [0.25, 0.3) is 0 Å². The Labute approximate surface area is 63.8 Å². The first-order valence-electron chi connectivity index (χ1n) is 2.42. The van der Waals surface area contributed by atoms with Crippen molar-refractivity contribution in [3.05, 3.63) is 0 Å². The molecule has 9 heavy (non-hydrogen) atoms. The van der Waals surface area contributed by atoms with Gasteiger partial charge in [-0.2, -0.15) is 0 Å². The molecule has 0 atom stereocenters. The fourth-order valence-corrected chi connectivity index (χ4v) is 0.664. The lowest BCUT2D eigenvalue weighted by Crippen LogP contribution is -2.31. The Morgan fingerprint density at radius 2 is 1.89 bits per heavy atom. The van der Waals surface area contributed by atoms with Gasteiger partial charge in [-0.25, -0.2) is 0 Å². The highest BCUT2D eigenvalue weighted by Gasteiger charge is 2.30. The number of alkyl halides is 2. The topological polar surface area (TPSA) is 37.3 Å². The van der Waals surface area contributed by atoms with E-state index in [4.69, 9.17) is 28.3 Å². The minimum absolute atomic E-state index is 0.0475. The number of hydrogen-bond donors (Lipinski definition) is 1. The Bertz CT molecular complexity index is 110. The zero-order valence-corrected chi connectivity index (χ0v) is 6.54. The second-order valence-electron chi connectivity index (χ2n) is 2.13. The quantitative estimate of drug-likeness (QED) is 0.654. The summed E-state index contributed by atoms with van der Waals surface area (Å²) in [6.07, 6.45) is 0. The molecule has 0 aliphatic rings. The van der Waals surface area contributed by atoms with Crippen LogP contribution < -0.4 is 0 Å². The highest BCUT2D eigenvalue weighted by molar-refractivity contribution is 6.23. The lowest BCUT2D eigenvalue weighted by atomic mass is 9.97. The lowest BCUT2D eigenvalue weighted by Gasteiger charge is -2.16. The summed E-state index contributed by atoms with van der Waals surface area (Å²) in [5.74, 6) is -0.856. The highest BCUT2D eigenvalue weighted by atomic mass is 35.5. The number of carboxylic acids is 1. The zero-order valence-electron chi connectivity index (χ0n) is 5.03. The minimum atomic E-state index is -0.969. The van der Waals surface area contributed by atoms with Gasteiger partial charge in [-0.05, 0) is 6.92 Å². The summed E-state index contributed by atoms with van der Waals surface area (Å²) >= 11 is 10.7. The molecule has 0 fully saturated rings. The largest absolute Gasteiger partial charge is 0.481 e. The van der Waals surface area contributed by atoms with Crippen LogP contribution in [-0.4, -0.2) is 22.8 Å². The van der Waals surface area contributed by atoms with Gasteiger partial charge in [0.15, 0.2) is 0 Å². The van der Waals surface area contributed by atoms with Crippen LogP contribution in [0.1, 0.15) is 6.92 Å². The molecule has 0 heterocycles. The van der Waals surface area contributed by atoms with Crippen LogP contribution in [0.4, 0.5) is 0 Å². The number of carboxylic acid groups (broad SMARTS) is 1. The van der Waals surface area contributed by atoms with Gasteiger partial charge >= 0.3 is 5.97 Å². The van der Waals surface area contributed by atoms with Gasteiger partial charge in [0.05, 0.1) is 5.41 Å². The molecule has 0 amide bonds. The number of carbonyl (C=O) groups is 1. The number of hydrogen-bond acceptors (Lipinski definition) is 1. The molecule has 0 unspecified atom stereocenters. The van der Waals surface area contributed by atoms with E-state index in [0.29, 0.717) is 0 Å². The molecule has 2 nitrogen and oxygen atoms in total. The van der Waals surface area contributed by atoms with E-state index in [0.717, 1.165) is 0 Å². The van der Waals surface area contributed by atoms with Crippen LogP contribution in [-0.2, 0) is 4.79 Å². The smallest absolute Gasteiger partial charge is 0.311 e. The van der Waals surface area contributed by atoms with Crippen LogP contribution in [0, 0.1) is 5.41 Å². The van der Waals surface area contributed by atoms with E-state index in [1.165, 1.54) is 6.92 Å². The van der Waals surface area contributed by atoms with Crippen molar-refractivity contribution in [2.45, 2.75) is 6.92 Å². The molecule has 0 spiro atoms. The molecule has 0 aliphatic carbocycles. The second kappa shape index (κ2) is 3.28. The summed E-state index contributed by atoms with van der Waals surface area (Å²) in [4.78, 5) is 10.3. The maximum atomic E-state index is 10.3. The van der Waals surface area contributed by atoms with Crippen molar-refractivity contribution in [2.24, 2.45) is 5.41 Å². The molecule has 0 aliphatic heterocycles. The predicted molar refractivity (Wildman–Crippen MR) is 37.2 cm³/mol. The Balaban J connectivity index is 4.09. The third-order valence-electron chi connectivity index (χ3n) is 1.11. The van der Waals surface area contributed by atoms with Crippen molar-refractivity contribution < 1.29 is 9.90 Å². The van der Waals surface area contributed by atoms with Gasteiger partial charge in [0.2, 0.25) is 0 Å². The first kappa shape index (κ1) is 9.05. The fraction of sp³-hybridized carbons (Fsp3) is 0.800. The molecule has 0 saturated heterocycles. The average molecular weight is 171 g/mol. The van der Waals surface area contributed by atoms with Crippen LogP contribution in [0.5, 0.6) is 0 Å². The molecule has 54 valence electrons. The van der Waals surface area contributed by atoms with Crippen LogP contribution in [0.25, 0.3) is 0 Å². The molecule has 0 aromatic rings. The van der Waals surface area contributed by atoms with Gasteiger partial charge in [0, 0.05) is 11.8 Å². The Morgan fingerprint density at radius 3 is 1.89 bits per heavy atom. The Kier molecular flexibility index (Phi) is 3.30. The van der Waals surface area contributed by atoms with Crippen molar-refractivity contribution in [3.63, 3.8) is 0 Å². The lowest BCUT2D eigenvalue weighted by molar-refractivity contribution is -0.145. The van der Waals surface area contributed by atoms with Gasteiger partial charge in [-0.1, -0.05) is 0 Å². The Morgan fingerprint density at radius 1 is 1.56 bits per heavy atom. The molecule has 0 saturated carbocycles. The van der Waals surface area contributed by atoms with Gasteiger partial charge < -0.3 is 5.11 Å². The average Bonchev–Trinajstić information content (AvgIpc) is 1.86. The van der Waals surface area contributed by atoms with Crippen LogP contribution >= 0.6 is 23.2 Å². The monoisotopic (exact) mass is 170 g/mol. The van der Waals surface area contributed by atoms with Crippen molar-refractivity contribution in [2.75, 3.05) is 11.8 Å². The summed E-state index contributed by atoms with van der Waals surface area (Å²) in [7, 11) is 0. The predicted octanol–water partition coefficient (Wildman–Crippen LogP) is 1.55. The van der Waals surface area contributed by atoms with E-state index >= 15 is 0 Å². The number of rotatable bonds is 3. The Hall–Kier alpha value is 0.0500. The summed E-state index contributed by atoms with van der Waals surface area (Å²) in [5.41, 5.74) is -0.969. The summed E-state index contributed by atoms with van der Waals surface area (Å²) in [6, 6.07) is 0. The maximum Gasteiger partial charge on any atom is 0.311 e. The number of aliphatic carboxylic acids is 1. The molecule has 0 bridgehead atoms. The van der Waals surface area contributed by atoms with Crippen LogP contribution in [0.2, 0.25) is 0 Å². The highest BCUT2D eigenvalue weighted by Crippen LogP contribution is 2.19. The van der Waals surface area contributed by atoms with E-state index in [2.05, 4.69) is 0 Å². The molecule has 0 radical (unpaired) electrons. The summed E-state index contributed by atoms with van der Waals surface area (Å²) < 4.78 is 0. The third-order valence-corrected chi connectivity index (χ3v) is 2.29. The number of halogens is 2. The van der Waals surface area contributed by atoms with Crippen LogP contribution in [0.3, 0.4) is 0 Å². The molecule has 4 heteroatoms. The van der Waals surface area contributed by atoms with Crippen molar-refractivity contribution >= 4 is 29.2 Å². The van der Waals surface area contributed by atoms with Gasteiger partial charge in [-0.15, -0.1) is 23.2 Å². The van der Waals surface area contributed by atoms with Crippen molar-refractivity contribution in [3.8, 4) is 0 Å².